The second-order valence-corrected chi connectivity index (χ2v) is 9.95. The molecule has 3 heterocycles. The number of aromatic nitrogens is 1. The van der Waals surface area contributed by atoms with Gasteiger partial charge in [0.2, 0.25) is 0 Å². The molecule has 0 radical (unpaired) electrons. The molecule has 0 spiro atoms. The molecule has 192 valence electrons. The Hall–Kier alpha value is -3.53. The van der Waals surface area contributed by atoms with Crippen molar-refractivity contribution in [3.8, 4) is 5.75 Å². The molecule has 1 aliphatic heterocycles. The Bertz CT molecular complexity index is 1490. The fourth-order valence-electron chi connectivity index (χ4n) is 4.72. The second-order valence-electron chi connectivity index (χ2n) is 8.93. The minimum Gasteiger partial charge on any atom is -0.494 e. The van der Waals surface area contributed by atoms with Crippen LogP contribution in [0.3, 0.4) is 0 Å². The highest BCUT2D eigenvalue weighted by Gasteiger charge is 2.25. The molecule has 1 amide bonds. The number of pyridine rings is 1. The highest BCUT2D eigenvalue weighted by molar-refractivity contribution is 7.22. The van der Waals surface area contributed by atoms with Crippen LogP contribution in [0.15, 0.2) is 59.4 Å². The standard InChI is InChI=1S/C28H29N3O5S/c1-35-24-23-25(37-26(24)27(33)29-12-7-13-30-14-16-36-17-15-30)20-10-5-6-11-21(20)31(28(23)34)18-22(32)19-8-3-2-4-9-19/h2-6,8-11H,7,12-18H2,1H3,(H,29,33). The number of methoxy groups -OCH3 is 1. The number of fused-ring (bicyclic) bond motifs is 3. The Labute approximate surface area is 218 Å². The van der Waals surface area contributed by atoms with Gasteiger partial charge in [0.15, 0.2) is 11.5 Å². The molecule has 2 aromatic heterocycles. The van der Waals surface area contributed by atoms with E-state index in [-0.39, 0.29) is 29.5 Å². The first-order valence-electron chi connectivity index (χ1n) is 12.4. The van der Waals surface area contributed by atoms with Crippen molar-refractivity contribution in [3.63, 3.8) is 0 Å². The molecule has 0 aliphatic carbocycles. The van der Waals surface area contributed by atoms with E-state index in [1.54, 1.807) is 24.3 Å². The van der Waals surface area contributed by atoms with Crippen molar-refractivity contribution >= 4 is 44.0 Å². The van der Waals surface area contributed by atoms with Crippen LogP contribution in [-0.4, -0.2) is 67.7 Å². The van der Waals surface area contributed by atoms with Crippen LogP contribution >= 0.6 is 11.3 Å². The van der Waals surface area contributed by atoms with Gasteiger partial charge in [0, 0.05) is 30.6 Å². The van der Waals surface area contributed by atoms with E-state index in [0.29, 0.717) is 32.6 Å². The van der Waals surface area contributed by atoms with Gasteiger partial charge in [-0.05, 0) is 19.0 Å². The van der Waals surface area contributed by atoms with Crippen LogP contribution in [0.1, 0.15) is 26.5 Å². The van der Waals surface area contributed by atoms with E-state index >= 15 is 0 Å². The summed E-state index contributed by atoms with van der Waals surface area (Å²) in [5.74, 6) is -0.183. The van der Waals surface area contributed by atoms with E-state index in [1.165, 1.54) is 23.0 Å². The monoisotopic (exact) mass is 519 g/mol. The molecule has 9 heteroatoms. The first-order valence-corrected chi connectivity index (χ1v) is 13.2. The average Bonchev–Trinajstić information content (AvgIpc) is 3.34. The summed E-state index contributed by atoms with van der Waals surface area (Å²) < 4.78 is 13.2. The number of thiophene rings is 1. The van der Waals surface area contributed by atoms with E-state index in [2.05, 4.69) is 10.2 Å². The molecule has 8 nitrogen and oxygen atoms in total. The fourth-order valence-corrected chi connectivity index (χ4v) is 5.93. The van der Waals surface area contributed by atoms with Crippen molar-refractivity contribution in [1.29, 1.82) is 0 Å². The predicted molar refractivity (Wildman–Crippen MR) is 145 cm³/mol. The molecule has 37 heavy (non-hydrogen) atoms. The number of ketones is 1. The molecule has 0 bridgehead atoms. The maximum Gasteiger partial charge on any atom is 0.265 e. The quantitative estimate of drug-likeness (QED) is 0.269. The summed E-state index contributed by atoms with van der Waals surface area (Å²) in [5, 5.41) is 4.10. The van der Waals surface area contributed by atoms with Crippen molar-refractivity contribution in [2.45, 2.75) is 13.0 Å². The van der Waals surface area contributed by atoms with Gasteiger partial charge in [-0.2, -0.15) is 0 Å². The van der Waals surface area contributed by atoms with Crippen LogP contribution in [0, 0.1) is 0 Å². The minimum atomic E-state index is -0.350. The summed E-state index contributed by atoms with van der Waals surface area (Å²) in [5.41, 5.74) is 0.830. The number of para-hydroxylation sites is 1. The molecule has 5 rings (SSSR count). The second kappa shape index (κ2) is 11.2. The van der Waals surface area contributed by atoms with Crippen LogP contribution in [0.2, 0.25) is 0 Å². The van der Waals surface area contributed by atoms with Crippen LogP contribution in [0.5, 0.6) is 5.75 Å². The molecule has 1 saturated heterocycles. The smallest absolute Gasteiger partial charge is 0.265 e. The Morgan fingerprint density at radius 2 is 1.78 bits per heavy atom. The molecule has 1 aliphatic rings. The number of nitrogens with one attached hydrogen (secondary N) is 1. The molecule has 0 saturated carbocycles. The molecule has 2 aromatic carbocycles. The summed E-state index contributed by atoms with van der Waals surface area (Å²) in [6.45, 7) is 4.60. The highest BCUT2D eigenvalue weighted by atomic mass is 32.1. The Balaban J connectivity index is 1.46. The van der Waals surface area contributed by atoms with E-state index in [1.807, 2.05) is 30.3 Å². The predicted octanol–water partition coefficient (Wildman–Crippen LogP) is 3.56. The van der Waals surface area contributed by atoms with Crippen LogP contribution in [-0.2, 0) is 11.3 Å². The zero-order valence-electron chi connectivity index (χ0n) is 20.7. The number of amides is 1. The van der Waals surface area contributed by atoms with Crippen LogP contribution in [0.25, 0.3) is 21.0 Å². The summed E-state index contributed by atoms with van der Waals surface area (Å²) in [4.78, 5) is 42.6. The summed E-state index contributed by atoms with van der Waals surface area (Å²) in [7, 11) is 1.46. The number of ether oxygens (including phenoxy) is 2. The number of benzene rings is 2. The lowest BCUT2D eigenvalue weighted by Gasteiger charge is -2.26. The van der Waals surface area contributed by atoms with Gasteiger partial charge < -0.3 is 14.8 Å². The van der Waals surface area contributed by atoms with E-state index in [9.17, 15) is 14.4 Å². The van der Waals surface area contributed by atoms with Crippen molar-refractivity contribution in [2.75, 3.05) is 46.5 Å². The number of carbonyl (C=O) groups excluding carboxylic acids is 2. The lowest BCUT2D eigenvalue weighted by Crippen LogP contribution is -2.38. The van der Waals surface area contributed by atoms with Gasteiger partial charge in [0.25, 0.3) is 11.5 Å². The summed E-state index contributed by atoms with van der Waals surface area (Å²) in [6, 6.07) is 16.4. The third-order valence-corrected chi connectivity index (χ3v) is 7.81. The minimum absolute atomic E-state index is 0.110. The normalized spacial score (nSPS) is 14.2. The van der Waals surface area contributed by atoms with Crippen molar-refractivity contribution < 1.29 is 19.1 Å². The number of morpholine rings is 1. The van der Waals surface area contributed by atoms with Gasteiger partial charge in [0.1, 0.15) is 10.3 Å². The zero-order valence-corrected chi connectivity index (χ0v) is 21.5. The molecular weight excluding hydrogens is 490 g/mol. The Morgan fingerprint density at radius 1 is 1.05 bits per heavy atom. The van der Waals surface area contributed by atoms with Gasteiger partial charge in [-0.25, -0.2) is 0 Å². The van der Waals surface area contributed by atoms with Crippen LogP contribution in [0.4, 0.5) is 0 Å². The third-order valence-electron chi connectivity index (χ3n) is 6.61. The number of nitrogens with zero attached hydrogens (tertiary/aromatic N) is 2. The van der Waals surface area contributed by atoms with E-state index in [0.717, 1.165) is 44.7 Å². The van der Waals surface area contributed by atoms with Crippen LogP contribution < -0.4 is 15.6 Å². The topological polar surface area (TPSA) is 89.9 Å². The summed E-state index contributed by atoms with van der Waals surface area (Å²) in [6.07, 6.45) is 0.816. The summed E-state index contributed by atoms with van der Waals surface area (Å²) >= 11 is 1.25. The van der Waals surface area contributed by atoms with Gasteiger partial charge in [-0.3, -0.25) is 23.9 Å². The SMILES string of the molecule is COc1c(C(=O)NCCCN2CCOCC2)sc2c1c(=O)n(CC(=O)c1ccccc1)c1ccccc21. The maximum atomic E-state index is 13.8. The molecule has 1 N–H and O–H groups in total. The number of hydrogen-bond donors (Lipinski definition) is 1. The van der Waals surface area contributed by atoms with Gasteiger partial charge in [-0.1, -0.05) is 48.5 Å². The van der Waals surface area contributed by atoms with Gasteiger partial charge >= 0.3 is 0 Å². The molecule has 1 fully saturated rings. The van der Waals surface area contributed by atoms with E-state index < -0.39 is 0 Å². The lowest BCUT2D eigenvalue weighted by molar-refractivity contribution is 0.0374. The van der Waals surface area contributed by atoms with Gasteiger partial charge in [0.05, 0.1) is 37.1 Å². The number of rotatable bonds is 9. The average molecular weight is 520 g/mol. The van der Waals surface area contributed by atoms with E-state index in [4.69, 9.17) is 9.47 Å². The lowest BCUT2D eigenvalue weighted by atomic mass is 10.1. The van der Waals surface area contributed by atoms with Gasteiger partial charge in [-0.15, -0.1) is 11.3 Å². The number of Topliss-reactive ketones (excluding diaryl/α,β-unsaturated/α-hetero) is 1. The largest absolute Gasteiger partial charge is 0.494 e. The first kappa shape index (κ1) is 25.1. The molecule has 0 unspecified atom stereocenters. The zero-order chi connectivity index (χ0) is 25.8. The van der Waals surface area contributed by atoms with Crippen molar-refractivity contribution in [2.24, 2.45) is 0 Å². The van der Waals surface area contributed by atoms with Crippen molar-refractivity contribution in [1.82, 2.24) is 14.8 Å². The molecular formula is C28H29N3O5S. The number of carbonyl (C=O) groups is 2. The molecule has 4 aromatic rings. The third kappa shape index (κ3) is 5.16. The highest BCUT2D eigenvalue weighted by Crippen LogP contribution is 2.39. The Morgan fingerprint density at radius 3 is 2.54 bits per heavy atom. The van der Waals surface area contributed by atoms with Crippen molar-refractivity contribution in [3.05, 3.63) is 75.4 Å². The number of hydrogen-bond acceptors (Lipinski definition) is 7. The maximum absolute atomic E-state index is 13.8. The molecule has 0 atom stereocenters. The fraction of sp³-hybridized carbons (Fsp3) is 0.321. The first-order chi connectivity index (χ1) is 18.1. The Kier molecular flexibility index (Phi) is 7.64.